The molecule has 0 radical (unpaired) electrons. The topological polar surface area (TPSA) is 75.9 Å². The zero-order valence-electron chi connectivity index (χ0n) is 16.8. The molecule has 5 rings (SSSR count). The number of amides is 2. The first kappa shape index (κ1) is 18.6. The standard InChI is InChI=1S/C22H28N4O3/c1-14(27)24-19-8-17-11-26(12-18(17)9-20(19)29-13-15-2-3-15)22(28)16-4-6-25-7-5-23-21(25)10-16/h4-7,10,15,17-20H,2-3,8-9,11-13H2,1H3,(H,24,27)/t17-,18+,19-,20-/m0/s1. The SMILES string of the molecule is CC(=O)N[C@H]1C[C@H]2CN(C(=O)c3ccn4ccnc4c3)C[C@H]2C[C@@H]1OCC1CC1. The molecule has 2 aromatic heterocycles. The van der Waals surface area contributed by atoms with Gasteiger partial charge in [0.05, 0.1) is 12.1 Å². The lowest BCUT2D eigenvalue weighted by Crippen LogP contribution is -2.50. The highest BCUT2D eigenvalue weighted by Crippen LogP contribution is 2.39. The smallest absolute Gasteiger partial charge is 0.254 e. The van der Waals surface area contributed by atoms with Gasteiger partial charge in [0, 0.05) is 50.8 Å². The van der Waals surface area contributed by atoms with Gasteiger partial charge in [-0.15, -0.1) is 0 Å². The Labute approximate surface area is 170 Å². The lowest BCUT2D eigenvalue weighted by Gasteiger charge is -2.38. The minimum atomic E-state index is -0.00704. The summed E-state index contributed by atoms with van der Waals surface area (Å²) in [7, 11) is 0. The summed E-state index contributed by atoms with van der Waals surface area (Å²) >= 11 is 0. The lowest BCUT2D eigenvalue weighted by atomic mass is 9.77. The van der Waals surface area contributed by atoms with Gasteiger partial charge in [0.2, 0.25) is 5.91 Å². The Balaban J connectivity index is 1.28. The molecule has 1 saturated heterocycles. The van der Waals surface area contributed by atoms with E-state index in [1.807, 2.05) is 33.8 Å². The van der Waals surface area contributed by atoms with E-state index in [1.54, 1.807) is 13.1 Å². The number of ether oxygens (including phenoxy) is 1. The van der Waals surface area contributed by atoms with Crippen molar-refractivity contribution in [2.75, 3.05) is 19.7 Å². The average molecular weight is 396 g/mol. The van der Waals surface area contributed by atoms with Crippen molar-refractivity contribution in [2.45, 2.75) is 44.8 Å². The largest absolute Gasteiger partial charge is 0.376 e. The third-order valence-electron chi connectivity index (χ3n) is 6.68. The van der Waals surface area contributed by atoms with E-state index in [2.05, 4.69) is 10.3 Å². The quantitative estimate of drug-likeness (QED) is 0.840. The van der Waals surface area contributed by atoms with Crippen molar-refractivity contribution >= 4 is 17.5 Å². The Morgan fingerprint density at radius 2 is 2.00 bits per heavy atom. The van der Waals surface area contributed by atoms with Crippen LogP contribution in [0, 0.1) is 17.8 Å². The van der Waals surface area contributed by atoms with Crippen molar-refractivity contribution in [3.8, 4) is 0 Å². The zero-order chi connectivity index (χ0) is 20.0. The highest BCUT2D eigenvalue weighted by molar-refractivity contribution is 5.95. The highest BCUT2D eigenvalue weighted by atomic mass is 16.5. The number of nitrogens with zero attached hydrogens (tertiary/aromatic N) is 3. The first-order valence-electron chi connectivity index (χ1n) is 10.7. The summed E-state index contributed by atoms with van der Waals surface area (Å²) in [6.45, 7) is 3.87. The fraction of sp³-hybridized carbons (Fsp3) is 0.591. The molecule has 2 saturated carbocycles. The van der Waals surface area contributed by atoms with E-state index in [1.165, 1.54) is 12.8 Å². The second-order valence-electron chi connectivity index (χ2n) is 8.93. The van der Waals surface area contributed by atoms with Crippen molar-refractivity contribution in [1.82, 2.24) is 19.6 Å². The van der Waals surface area contributed by atoms with Gasteiger partial charge in [-0.1, -0.05) is 0 Å². The van der Waals surface area contributed by atoms with Crippen LogP contribution in [0.4, 0.5) is 0 Å². The van der Waals surface area contributed by atoms with Crippen molar-refractivity contribution < 1.29 is 14.3 Å². The lowest BCUT2D eigenvalue weighted by molar-refractivity contribution is -0.122. The van der Waals surface area contributed by atoms with E-state index in [0.29, 0.717) is 23.3 Å². The number of likely N-dealkylation sites (tertiary alicyclic amines) is 1. The fourth-order valence-corrected chi connectivity index (χ4v) is 4.95. The molecule has 154 valence electrons. The van der Waals surface area contributed by atoms with E-state index in [-0.39, 0.29) is 24.0 Å². The molecule has 1 N–H and O–H groups in total. The molecule has 0 spiro atoms. The second-order valence-corrected chi connectivity index (χ2v) is 8.93. The average Bonchev–Trinajstić information content (AvgIpc) is 3.25. The van der Waals surface area contributed by atoms with Gasteiger partial charge in [-0.05, 0) is 55.6 Å². The third kappa shape index (κ3) is 3.88. The molecule has 2 aliphatic carbocycles. The monoisotopic (exact) mass is 396 g/mol. The van der Waals surface area contributed by atoms with Crippen molar-refractivity contribution in [1.29, 1.82) is 0 Å². The number of hydrogen-bond acceptors (Lipinski definition) is 4. The molecule has 4 atom stereocenters. The van der Waals surface area contributed by atoms with Gasteiger partial charge in [0.1, 0.15) is 5.65 Å². The Morgan fingerprint density at radius 3 is 2.76 bits per heavy atom. The number of carbonyl (C=O) groups is 2. The summed E-state index contributed by atoms with van der Waals surface area (Å²) in [5.41, 5.74) is 1.47. The van der Waals surface area contributed by atoms with Gasteiger partial charge in [0.25, 0.3) is 5.91 Å². The number of pyridine rings is 1. The van der Waals surface area contributed by atoms with Crippen molar-refractivity contribution in [3.63, 3.8) is 0 Å². The molecule has 1 aliphatic heterocycles. The van der Waals surface area contributed by atoms with E-state index in [4.69, 9.17) is 4.74 Å². The van der Waals surface area contributed by atoms with Crippen LogP contribution in [0.25, 0.3) is 5.65 Å². The molecule has 3 aliphatic rings. The number of fused-ring (bicyclic) bond motifs is 2. The first-order valence-corrected chi connectivity index (χ1v) is 10.7. The number of nitrogens with one attached hydrogen (secondary N) is 1. The van der Waals surface area contributed by atoms with E-state index >= 15 is 0 Å². The van der Waals surface area contributed by atoms with Gasteiger partial charge >= 0.3 is 0 Å². The zero-order valence-corrected chi connectivity index (χ0v) is 16.8. The van der Waals surface area contributed by atoms with Gasteiger partial charge < -0.3 is 19.4 Å². The Hall–Kier alpha value is -2.41. The number of rotatable bonds is 5. The van der Waals surface area contributed by atoms with Gasteiger partial charge in [-0.25, -0.2) is 4.98 Å². The van der Waals surface area contributed by atoms with E-state index < -0.39 is 0 Å². The van der Waals surface area contributed by atoms with Crippen LogP contribution < -0.4 is 5.32 Å². The van der Waals surface area contributed by atoms with E-state index in [9.17, 15) is 9.59 Å². The molecule has 0 bridgehead atoms. The summed E-state index contributed by atoms with van der Waals surface area (Å²) in [6.07, 6.45) is 9.84. The number of aromatic nitrogens is 2. The first-order chi connectivity index (χ1) is 14.1. The van der Waals surface area contributed by atoms with Gasteiger partial charge in [-0.2, -0.15) is 0 Å². The molecule has 2 amide bonds. The molecule has 7 heteroatoms. The van der Waals surface area contributed by atoms with Crippen molar-refractivity contribution in [2.24, 2.45) is 17.8 Å². The molecule has 2 aromatic rings. The minimum absolute atomic E-state index is 0.00704. The fourth-order valence-electron chi connectivity index (χ4n) is 4.95. The maximum Gasteiger partial charge on any atom is 0.254 e. The predicted octanol–water partition coefficient (Wildman–Crippen LogP) is 2.12. The molecular weight excluding hydrogens is 368 g/mol. The molecular formula is C22H28N4O3. The summed E-state index contributed by atoms with van der Waals surface area (Å²) < 4.78 is 8.12. The van der Waals surface area contributed by atoms with Crippen LogP contribution >= 0.6 is 0 Å². The molecule has 7 nitrogen and oxygen atoms in total. The molecule has 29 heavy (non-hydrogen) atoms. The van der Waals surface area contributed by atoms with Crippen LogP contribution in [-0.4, -0.2) is 57.9 Å². The maximum absolute atomic E-state index is 13.1. The van der Waals surface area contributed by atoms with Crippen LogP contribution in [0.5, 0.6) is 0 Å². The van der Waals surface area contributed by atoms with Crippen LogP contribution in [-0.2, 0) is 9.53 Å². The highest BCUT2D eigenvalue weighted by Gasteiger charge is 2.44. The van der Waals surface area contributed by atoms with E-state index in [0.717, 1.165) is 38.2 Å². The Morgan fingerprint density at radius 1 is 1.21 bits per heavy atom. The van der Waals surface area contributed by atoms with Crippen LogP contribution in [0.1, 0.15) is 43.0 Å². The van der Waals surface area contributed by atoms with Gasteiger partial charge in [0.15, 0.2) is 0 Å². The predicted molar refractivity (Wildman–Crippen MR) is 107 cm³/mol. The third-order valence-corrected chi connectivity index (χ3v) is 6.68. The molecule has 0 aromatic carbocycles. The second kappa shape index (κ2) is 7.44. The maximum atomic E-state index is 13.1. The number of imidazole rings is 1. The van der Waals surface area contributed by atoms with Crippen LogP contribution in [0.15, 0.2) is 30.7 Å². The number of hydrogen-bond donors (Lipinski definition) is 1. The summed E-state index contributed by atoms with van der Waals surface area (Å²) in [5, 5.41) is 3.10. The van der Waals surface area contributed by atoms with Crippen molar-refractivity contribution in [3.05, 3.63) is 36.3 Å². The van der Waals surface area contributed by atoms with Gasteiger partial charge in [-0.3, -0.25) is 9.59 Å². The van der Waals surface area contributed by atoms with Crippen LogP contribution in [0.3, 0.4) is 0 Å². The summed E-state index contributed by atoms with van der Waals surface area (Å²) in [5.74, 6) is 1.60. The Bertz CT molecular complexity index is 922. The Kier molecular flexibility index (Phi) is 4.78. The minimum Gasteiger partial charge on any atom is -0.376 e. The molecule has 3 fully saturated rings. The number of carbonyl (C=O) groups excluding carboxylic acids is 2. The summed E-state index contributed by atoms with van der Waals surface area (Å²) in [4.78, 5) is 31.1. The van der Waals surface area contributed by atoms with Crippen LogP contribution in [0.2, 0.25) is 0 Å². The molecule has 3 heterocycles. The molecule has 0 unspecified atom stereocenters. The summed E-state index contributed by atoms with van der Waals surface area (Å²) in [6, 6.07) is 3.76. The normalized spacial score (nSPS) is 29.1.